The molecule has 2 fully saturated rings. The van der Waals surface area contributed by atoms with E-state index in [4.69, 9.17) is 4.74 Å². The third-order valence-electron chi connectivity index (χ3n) is 5.45. The van der Waals surface area contributed by atoms with E-state index in [1.165, 1.54) is 51.4 Å². The normalized spacial score (nSPS) is 31.8. The molecule has 0 saturated heterocycles. The summed E-state index contributed by atoms with van der Waals surface area (Å²) in [6.45, 7) is 7.44. The fourth-order valence-corrected chi connectivity index (χ4v) is 4.32. The molecule has 2 aliphatic rings. The molecule has 0 aromatic rings. The average Bonchev–Trinajstić information content (AvgIpc) is 2.50. The predicted molar refractivity (Wildman–Crippen MR) is 86.0 cm³/mol. The van der Waals surface area contributed by atoms with Crippen LogP contribution in [0.25, 0.3) is 0 Å². The summed E-state index contributed by atoms with van der Waals surface area (Å²) in [5.41, 5.74) is 0. The largest absolute Gasteiger partial charge is 0.380 e. The molecule has 4 unspecified atom stereocenters. The van der Waals surface area contributed by atoms with Crippen molar-refractivity contribution in [1.82, 2.24) is 5.32 Å². The van der Waals surface area contributed by atoms with Crippen LogP contribution in [0.5, 0.6) is 0 Å². The van der Waals surface area contributed by atoms with Crippen LogP contribution in [0.3, 0.4) is 0 Å². The van der Waals surface area contributed by atoms with Crippen molar-refractivity contribution in [2.45, 2.75) is 77.7 Å². The van der Waals surface area contributed by atoms with Gasteiger partial charge in [0.2, 0.25) is 0 Å². The summed E-state index contributed by atoms with van der Waals surface area (Å²) in [7, 11) is 0. The van der Waals surface area contributed by atoms with Crippen LogP contribution in [0.4, 0.5) is 0 Å². The molecular formula is C18H35NO. The van der Waals surface area contributed by atoms with Crippen molar-refractivity contribution < 1.29 is 4.74 Å². The minimum Gasteiger partial charge on any atom is -0.380 e. The van der Waals surface area contributed by atoms with Gasteiger partial charge >= 0.3 is 0 Å². The first kappa shape index (κ1) is 16.3. The second-order valence-electron chi connectivity index (χ2n) is 7.01. The summed E-state index contributed by atoms with van der Waals surface area (Å²) >= 11 is 0. The maximum Gasteiger partial charge on any atom is 0.0622 e. The zero-order chi connectivity index (χ0) is 14.2. The van der Waals surface area contributed by atoms with Crippen LogP contribution in [0.1, 0.15) is 71.6 Å². The minimum atomic E-state index is 0.601. The summed E-state index contributed by atoms with van der Waals surface area (Å²) in [4.78, 5) is 0. The summed E-state index contributed by atoms with van der Waals surface area (Å²) in [6.07, 6.45) is 12.7. The average molecular weight is 281 g/mol. The van der Waals surface area contributed by atoms with Gasteiger partial charge in [-0.15, -0.1) is 0 Å². The van der Waals surface area contributed by atoms with Gasteiger partial charge in [-0.2, -0.15) is 0 Å². The highest BCUT2D eigenvalue weighted by Crippen LogP contribution is 2.43. The fourth-order valence-electron chi connectivity index (χ4n) is 4.32. The van der Waals surface area contributed by atoms with E-state index in [0.717, 1.165) is 43.9 Å². The Bertz CT molecular complexity index is 254. The van der Waals surface area contributed by atoms with E-state index in [2.05, 4.69) is 19.2 Å². The molecule has 0 spiro atoms. The van der Waals surface area contributed by atoms with Gasteiger partial charge in [-0.25, -0.2) is 0 Å². The lowest BCUT2D eigenvalue weighted by atomic mass is 9.66. The van der Waals surface area contributed by atoms with Crippen LogP contribution in [-0.2, 0) is 4.74 Å². The first-order valence-corrected chi connectivity index (χ1v) is 9.16. The van der Waals surface area contributed by atoms with Gasteiger partial charge in [0.25, 0.3) is 0 Å². The molecule has 4 atom stereocenters. The number of rotatable bonds is 8. The number of ether oxygens (including phenoxy) is 1. The van der Waals surface area contributed by atoms with Crippen molar-refractivity contribution in [3.63, 3.8) is 0 Å². The van der Waals surface area contributed by atoms with Crippen LogP contribution in [0.15, 0.2) is 0 Å². The summed E-state index contributed by atoms with van der Waals surface area (Å²) < 4.78 is 5.87. The first-order valence-electron chi connectivity index (χ1n) is 9.16. The number of hydrogen-bond donors (Lipinski definition) is 1. The van der Waals surface area contributed by atoms with Crippen molar-refractivity contribution in [3.05, 3.63) is 0 Å². The van der Waals surface area contributed by atoms with Crippen LogP contribution >= 0.6 is 0 Å². The topological polar surface area (TPSA) is 21.3 Å². The van der Waals surface area contributed by atoms with Gasteiger partial charge in [0, 0.05) is 12.6 Å². The molecule has 2 rings (SSSR count). The second kappa shape index (κ2) is 9.04. The smallest absolute Gasteiger partial charge is 0.0622 e. The van der Waals surface area contributed by atoms with E-state index < -0.39 is 0 Å². The molecule has 2 nitrogen and oxygen atoms in total. The van der Waals surface area contributed by atoms with E-state index in [9.17, 15) is 0 Å². The lowest BCUT2D eigenvalue weighted by molar-refractivity contribution is 0.0559. The van der Waals surface area contributed by atoms with Gasteiger partial charge < -0.3 is 10.1 Å². The minimum absolute atomic E-state index is 0.601. The Morgan fingerprint density at radius 2 is 1.80 bits per heavy atom. The van der Waals surface area contributed by atoms with E-state index in [1.807, 2.05) is 0 Å². The summed E-state index contributed by atoms with van der Waals surface area (Å²) in [5, 5.41) is 3.77. The Kier molecular flexibility index (Phi) is 7.37. The molecular weight excluding hydrogens is 246 g/mol. The zero-order valence-corrected chi connectivity index (χ0v) is 13.7. The molecule has 0 aromatic carbocycles. The Hall–Kier alpha value is -0.0800. The Labute approximate surface area is 126 Å². The predicted octanol–water partition coefficient (Wildman–Crippen LogP) is 4.39. The molecule has 2 heteroatoms. The highest BCUT2D eigenvalue weighted by molar-refractivity contribution is 4.88. The standard InChI is InChI=1S/C18H35NO/c1-3-11-19-18(14-20-12-4-2)17-10-9-15-7-5-6-8-16(15)13-17/h15-19H,3-14H2,1-2H3. The molecule has 2 saturated carbocycles. The molecule has 20 heavy (non-hydrogen) atoms. The highest BCUT2D eigenvalue weighted by atomic mass is 16.5. The lowest BCUT2D eigenvalue weighted by Crippen LogP contribution is -2.44. The van der Waals surface area contributed by atoms with Crippen molar-refractivity contribution in [2.24, 2.45) is 17.8 Å². The molecule has 0 bridgehead atoms. The quantitative estimate of drug-likeness (QED) is 0.666. The summed E-state index contributed by atoms with van der Waals surface area (Å²) in [5.74, 6) is 2.95. The third-order valence-corrected chi connectivity index (χ3v) is 5.45. The number of hydrogen-bond acceptors (Lipinski definition) is 2. The van der Waals surface area contributed by atoms with E-state index in [-0.39, 0.29) is 0 Å². The van der Waals surface area contributed by atoms with E-state index in [0.29, 0.717) is 6.04 Å². The lowest BCUT2D eigenvalue weighted by Gasteiger charge is -2.42. The van der Waals surface area contributed by atoms with Gasteiger partial charge in [-0.1, -0.05) is 39.5 Å². The number of fused-ring (bicyclic) bond motifs is 1. The van der Waals surface area contributed by atoms with Crippen molar-refractivity contribution in [2.75, 3.05) is 19.8 Å². The maximum absolute atomic E-state index is 5.87. The monoisotopic (exact) mass is 281 g/mol. The number of nitrogens with one attached hydrogen (secondary N) is 1. The van der Waals surface area contributed by atoms with Crippen molar-refractivity contribution in [1.29, 1.82) is 0 Å². The van der Waals surface area contributed by atoms with Gasteiger partial charge in [0.15, 0.2) is 0 Å². The SMILES string of the molecule is CCCNC(COCCC)C1CCC2CCCCC2C1. The van der Waals surface area contributed by atoms with Crippen molar-refractivity contribution in [3.8, 4) is 0 Å². The fraction of sp³-hybridized carbons (Fsp3) is 1.00. The molecule has 0 radical (unpaired) electrons. The van der Waals surface area contributed by atoms with Crippen LogP contribution in [-0.4, -0.2) is 25.8 Å². The molecule has 0 aliphatic heterocycles. The van der Waals surface area contributed by atoms with Gasteiger partial charge in [-0.3, -0.25) is 0 Å². The highest BCUT2D eigenvalue weighted by Gasteiger charge is 2.35. The molecule has 118 valence electrons. The Balaban J connectivity index is 1.83. The molecule has 0 heterocycles. The Morgan fingerprint density at radius 3 is 2.55 bits per heavy atom. The van der Waals surface area contributed by atoms with Crippen LogP contribution in [0.2, 0.25) is 0 Å². The Morgan fingerprint density at radius 1 is 1.00 bits per heavy atom. The molecule has 0 amide bonds. The molecule has 2 aliphatic carbocycles. The second-order valence-corrected chi connectivity index (χ2v) is 7.01. The zero-order valence-electron chi connectivity index (χ0n) is 13.7. The summed E-state index contributed by atoms with van der Waals surface area (Å²) in [6, 6.07) is 0.601. The van der Waals surface area contributed by atoms with Gasteiger partial charge in [-0.05, 0) is 56.4 Å². The van der Waals surface area contributed by atoms with Gasteiger partial charge in [0.1, 0.15) is 0 Å². The molecule has 0 aromatic heterocycles. The van der Waals surface area contributed by atoms with Crippen LogP contribution in [0, 0.1) is 17.8 Å². The third kappa shape index (κ3) is 4.73. The van der Waals surface area contributed by atoms with E-state index in [1.54, 1.807) is 0 Å². The van der Waals surface area contributed by atoms with Crippen molar-refractivity contribution >= 4 is 0 Å². The van der Waals surface area contributed by atoms with Gasteiger partial charge in [0.05, 0.1) is 6.61 Å². The maximum atomic E-state index is 5.87. The first-order chi connectivity index (χ1) is 9.85. The molecule has 1 N–H and O–H groups in total. The van der Waals surface area contributed by atoms with E-state index >= 15 is 0 Å². The van der Waals surface area contributed by atoms with Crippen LogP contribution < -0.4 is 5.32 Å².